The van der Waals surface area contributed by atoms with Gasteiger partial charge in [-0.15, -0.1) is 0 Å². The summed E-state index contributed by atoms with van der Waals surface area (Å²) in [7, 11) is 0. The molecule has 0 N–H and O–H groups in total. The number of ether oxygens (including phenoxy) is 2. The van der Waals surface area contributed by atoms with E-state index in [-0.39, 0.29) is 30.1 Å². The lowest BCUT2D eigenvalue weighted by Crippen LogP contribution is -2.27. The van der Waals surface area contributed by atoms with Gasteiger partial charge < -0.3 is 9.47 Å². The van der Waals surface area contributed by atoms with Gasteiger partial charge in [0.15, 0.2) is 0 Å². The Kier molecular flexibility index (Phi) is 14.4. The second-order valence-electron chi connectivity index (χ2n) is 7.87. The molecule has 0 aliphatic rings. The van der Waals surface area contributed by atoms with Crippen molar-refractivity contribution in [2.75, 3.05) is 0 Å². The highest BCUT2D eigenvalue weighted by Crippen LogP contribution is 2.27. The predicted molar refractivity (Wildman–Crippen MR) is 107 cm³/mol. The van der Waals surface area contributed by atoms with Crippen molar-refractivity contribution in [1.29, 1.82) is 0 Å². The van der Waals surface area contributed by atoms with Crippen LogP contribution in [0.5, 0.6) is 0 Å². The molecule has 0 aromatic carbocycles. The first kappa shape index (κ1) is 24.9. The van der Waals surface area contributed by atoms with Crippen LogP contribution in [0.15, 0.2) is 0 Å². The van der Waals surface area contributed by atoms with E-state index in [1.165, 1.54) is 25.7 Å². The average Bonchev–Trinajstić information content (AvgIpc) is 2.54. The molecule has 0 heterocycles. The third-order valence-corrected chi connectivity index (χ3v) is 4.76. The summed E-state index contributed by atoms with van der Waals surface area (Å²) in [6.45, 7) is 11.8. The molecule has 0 rings (SSSR count). The van der Waals surface area contributed by atoms with Crippen LogP contribution in [0.1, 0.15) is 106 Å². The molecule has 26 heavy (non-hydrogen) atoms. The van der Waals surface area contributed by atoms with Gasteiger partial charge in [0.2, 0.25) is 0 Å². The van der Waals surface area contributed by atoms with E-state index in [0.29, 0.717) is 12.3 Å². The van der Waals surface area contributed by atoms with E-state index in [0.717, 1.165) is 32.1 Å². The molecule has 2 atom stereocenters. The molecule has 0 spiro atoms. The minimum absolute atomic E-state index is 0.0150. The van der Waals surface area contributed by atoms with Crippen molar-refractivity contribution in [3.05, 3.63) is 0 Å². The van der Waals surface area contributed by atoms with Crippen LogP contribution < -0.4 is 0 Å². The van der Waals surface area contributed by atoms with Crippen molar-refractivity contribution in [1.82, 2.24) is 0 Å². The number of unbranched alkanes of at least 4 members (excludes halogenated alkanes) is 5. The third kappa shape index (κ3) is 12.3. The zero-order valence-corrected chi connectivity index (χ0v) is 18.0. The van der Waals surface area contributed by atoms with Crippen LogP contribution in [0.25, 0.3) is 0 Å². The lowest BCUT2D eigenvalue weighted by Gasteiger charge is -2.24. The first-order valence-corrected chi connectivity index (χ1v) is 10.7. The molecule has 0 saturated carbocycles. The Balaban J connectivity index is 3.88. The number of esters is 2. The Morgan fingerprint density at radius 1 is 0.731 bits per heavy atom. The Hall–Kier alpha value is -1.06. The minimum atomic E-state index is -0.0790. The molecule has 0 aromatic heterocycles. The zero-order valence-electron chi connectivity index (χ0n) is 18.0. The highest BCUT2D eigenvalue weighted by atomic mass is 16.5. The number of hydrogen-bond acceptors (Lipinski definition) is 4. The minimum Gasteiger partial charge on any atom is -0.463 e. The number of carbonyl (C=O) groups is 2. The molecular weight excluding hydrogens is 328 g/mol. The van der Waals surface area contributed by atoms with Gasteiger partial charge in [-0.1, -0.05) is 52.4 Å². The SMILES string of the molecule is CCC(CCCCCCCCC(=O)OC(C)C)C(CC)C(=O)OC(C)C. The molecule has 0 fully saturated rings. The average molecular weight is 371 g/mol. The number of hydrogen-bond donors (Lipinski definition) is 0. The summed E-state index contributed by atoms with van der Waals surface area (Å²) in [6, 6.07) is 0. The lowest BCUT2D eigenvalue weighted by atomic mass is 9.84. The fourth-order valence-electron chi connectivity index (χ4n) is 3.41. The van der Waals surface area contributed by atoms with E-state index in [1.54, 1.807) is 0 Å². The molecule has 0 aromatic rings. The number of carbonyl (C=O) groups excluding carboxylic acids is 2. The van der Waals surface area contributed by atoms with Gasteiger partial charge in [0.05, 0.1) is 18.1 Å². The van der Waals surface area contributed by atoms with Gasteiger partial charge in [-0.25, -0.2) is 0 Å². The monoisotopic (exact) mass is 370 g/mol. The van der Waals surface area contributed by atoms with Gasteiger partial charge >= 0.3 is 11.9 Å². The van der Waals surface area contributed by atoms with Crippen molar-refractivity contribution >= 4 is 11.9 Å². The fraction of sp³-hybridized carbons (Fsp3) is 0.909. The van der Waals surface area contributed by atoms with E-state index in [9.17, 15) is 9.59 Å². The highest BCUT2D eigenvalue weighted by Gasteiger charge is 2.27. The molecule has 2 unspecified atom stereocenters. The normalized spacial score (nSPS) is 13.7. The predicted octanol–water partition coefficient (Wildman–Crippen LogP) is 6.06. The Morgan fingerprint density at radius 2 is 1.27 bits per heavy atom. The second kappa shape index (κ2) is 15.0. The summed E-state index contributed by atoms with van der Waals surface area (Å²) in [5, 5.41) is 0. The first-order valence-electron chi connectivity index (χ1n) is 10.7. The number of rotatable bonds is 15. The van der Waals surface area contributed by atoms with Gasteiger partial charge in [-0.2, -0.15) is 0 Å². The van der Waals surface area contributed by atoms with Crippen LogP contribution in [-0.2, 0) is 19.1 Å². The molecule has 0 aliphatic carbocycles. The van der Waals surface area contributed by atoms with Crippen LogP contribution in [0.3, 0.4) is 0 Å². The van der Waals surface area contributed by atoms with Crippen LogP contribution in [0.2, 0.25) is 0 Å². The van der Waals surface area contributed by atoms with E-state index >= 15 is 0 Å². The zero-order chi connectivity index (χ0) is 19.9. The van der Waals surface area contributed by atoms with Gasteiger partial charge in [0.1, 0.15) is 0 Å². The molecule has 4 heteroatoms. The first-order chi connectivity index (χ1) is 12.3. The molecule has 0 radical (unpaired) electrons. The smallest absolute Gasteiger partial charge is 0.309 e. The van der Waals surface area contributed by atoms with Crippen molar-refractivity contribution in [3.8, 4) is 0 Å². The molecule has 0 amide bonds. The van der Waals surface area contributed by atoms with Gasteiger partial charge in [-0.05, 0) is 52.9 Å². The summed E-state index contributed by atoms with van der Waals surface area (Å²) in [6.07, 6.45) is 10.2. The van der Waals surface area contributed by atoms with E-state index in [2.05, 4.69) is 13.8 Å². The maximum absolute atomic E-state index is 12.3. The molecule has 154 valence electrons. The van der Waals surface area contributed by atoms with Crippen molar-refractivity contribution in [2.24, 2.45) is 11.8 Å². The maximum Gasteiger partial charge on any atom is 0.309 e. The van der Waals surface area contributed by atoms with Crippen LogP contribution in [-0.4, -0.2) is 24.1 Å². The van der Waals surface area contributed by atoms with E-state index < -0.39 is 0 Å². The summed E-state index contributed by atoms with van der Waals surface area (Å²) in [5.74, 6) is 0.360. The lowest BCUT2D eigenvalue weighted by molar-refractivity contribution is -0.155. The van der Waals surface area contributed by atoms with Gasteiger partial charge in [-0.3, -0.25) is 9.59 Å². The van der Waals surface area contributed by atoms with Crippen molar-refractivity contribution < 1.29 is 19.1 Å². The van der Waals surface area contributed by atoms with Crippen LogP contribution >= 0.6 is 0 Å². The molecule has 0 saturated heterocycles. The Labute approximate surface area is 161 Å². The molecule has 4 nitrogen and oxygen atoms in total. The summed E-state index contributed by atoms with van der Waals surface area (Å²) >= 11 is 0. The quantitative estimate of drug-likeness (QED) is 0.259. The van der Waals surface area contributed by atoms with Crippen molar-refractivity contribution in [3.63, 3.8) is 0 Å². The van der Waals surface area contributed by atoms with Crippen LogP contribution in [0.4, 0.5) is 0 Å². The summed E-state index contributed by atoms with van der Waals surface area (Å²) in [5.41, 5.74) is 0. The standard InChI is InChI=1S/C22H42O4/c1-7-19(20(8-2)22(24)26-18(5)6)15-13-11-9-10-12-14-16-21(23)25-17(3)4/h17-20H,7-16H2,1-6H3. The topological polar surface area (TPSA) is 52.6 Å². The van der Waals surface area contributed by atoms with Crippen molar-refractivity contribution in [2.45, 2.75) is 118 Å². The Morgan fingerprint density at radius 3 is 1.77 bits per heavy atom. The van der Waals surface area contributed by atoms with Crippen LogP contribution in [0, 0.1) is 11.8 Å². The highest BCUT2D eigenvalue weighted by molar-refractivity contribution is 5.72. The van der Waals surface area contributed by atoms with E-state index in [4.69, 9.17) is 9.47 Å². The summed E-state index contributed by atoms with van der Waals surface area (Å²) < 4.78 is 10.6. The molecular formula is C22H42O4. The van der Waals surface area contributed by atoms with E-state index in [1.807, 2.05) is 27.7 Å². The summed E-state index contributed by atoms with van der Waals surface area (Å²) in [4.78, 5) is 23.7. The largest absolute Gasteiger partial charge is 0.463 e. The maximum atomic E-state index is 12.3. The van der Waals surface area contributed by atoms with Gasteiger partial charge in [0.25, 0.3) is 0 Å². The molecule has 0 aliphatic heterocycles. The Bertz CT molecular complexity index is 376. The van der Waals surface area contributed by atoms with Gasteiger partial charge in [0, 0.05) is 6.42 Å². The fourth-order valence-corrected chi connectivity index (χ4v) is 3.41. The molecule has 0 bridgehead atoms. The third-order valence-electron chi connectivity index (χ3n) is 4.76. The second-order valence-corrected chi connectivity index (χ2v) is 7.87.